The van der Waals surface area contributed by atoms with Gasteiger partial charge in [0.15, 0.2) is 5.15 Å². The molecule has 0 fully saturated rings. The van der Waals surface area contributed by atoms with Crippen LogP contribution in [0.2, 0.25) is 5.15 Å². The third-order valence-electron chi connectivity index (χ3n) is 2.01. The molecule has 0 saturated carbocycles. The number of thioether (sulfide) groups is 1. The summed E-state index contributed by atoms with van der Waals surface area (Å²) in [5.74, 6) is 1.06. The van der Waals surface area contributed by atoms with E-state index < -0.39 is 0 Å². The highest BCUT2D eigenvalue weighted by molar-refractivity contribution is 7.99. The summed E-state index contributed by atoms with van der Waals surface area (Å²) in [5.41, 5.74) is 1.56. The highest BCUT2D eigenvalue weighted by atomic mass is 35.5. The van der Waals surface area contributed by atoms with E-state index in [4.69, 9.17) is 11.6 Å². The van der Waals surface area contributed by atoms with E-state index in [0.29, 0.717) is 10.8 Å². The molecule has 0 amide bonds. The van der Waals surface area contributed by atoms with Gasteiger partial charge in [-0.15, -0.1) is 22.0 Å². The molecule has 2 rings (SSSR count). The molecule has 0 aliphatic carbocycles. The van der Waals surface area contributed by atoms with Crippen molar-refractivity contribution in [3.8, 4) is 11.3 Å². The van der Waals surface area contributed by atoms with Crippen molar-refractivity contribution in [3.05, 3.63) is 35.7 Å². The average molecular weight is 252 g/mol. The van der Waals surface area contributed by atoms with E-state index >= 15 is 0 Å². The van der Waals surface area contributed by atoms with Crippen LogP contribution >= 0.6 is 23.4 Å². The molecule has 82 valence electrons. The zero-order valence-electron chi connectivity index (χ0n) is 8.72. The molecular weight excluding hydrogens is 242 g/mol. The number of hydrogen-bond donors (Lipinski definition) is 0. The fourth-order valence-electron chi connectivity index (χ4n) is 1.32. The van der Waals surface area contributed by atoms with Crippen LogP contribution in [0, 0.1) is 0 Å². The van der Waals surface area contributed by atoms with Crippen LogP contribution in [-0.4, -0.2) is 20.9 Å². The first-order valence-electron chi connectivity index (χ1n) is 4.87. The van der Waals surface area contributed by atoms with Crippen molar-refractivity contribution in [1.29, 1.82) is 0 Å². The SMILES string of the molecule is CCSc1ccc(-c2nncnc2Cl)cc1. The van der Waals surface area contributed by atoms with Gasteiger partial charge >= 0.3 is 0 Å². The standard InChI is InChI=1S/C11H10ClN3S/c1-2-16-9-5-3-8(4-6-9)10-11(12)13-7-14-15-10/h3-7H,2H2,1H3. The van der Waals surface area contributed by atoms with E-state index in [1.165, 1.54) is 11.2 Å². The number of rotatable bonds is 3. The Morgan fingerprint density at radius 2 is 2.00 bits per heavy atom. The second kappa shape index (κ2) is 5.27. The minimum atomic E-state index is 0.380. The van der Waals surface area contributed by atoms with Gasteiger partial charge in [0.25, 0.3) is 0 Å². The Labute approximate surface area is 103 Å². The predicted molar refractivity (Wildman–Crippen MR) is 66.7 cm³/mol. The van der Waals surface area contributed by atoms with Crippen molar-refractivity contribution in [2.75, 3.05) is 5.75 Å². The molecule has 0 spiro atoms. The predicted octanol–water partition coefficient (Wildman–Crippen LogP) is 3.30. The molecule has 0 aliphatic heterocycles. The number of nitrogens with zero attached hydrogens (tertiary/aromatic N) is 3. The molecule has 0 aliphatic rings. The van der Waals surface area contributed by atoms with Crippen LogP contribution in [0.3, 0.4) is 0 Å². The molecule has 2 aromatic rings. The average Bonchev–Trinajstić information content (AvgIpc) is 2.31. The van der Waals surface area contributed by atoms with Crippen LogP contribution in [0.4, 0.5) is 0 Å². The molecule has 1 aromatic heterocycles. The highest BCUT2D eigenvalue weighted by Gasteiger charge is 2.05. The van der Waals surface area contributed by atoms with Crippen molar-refractivity contribution in [2.45, 2.75) is 11.8 Å². The Morgan fingerprint density at radius 1 is 1.25 bits per heavy atom. The Bertz CT molecular complexity index is 473. The molecular formula is C11H10ClN3S. The van der Waals surface area contributed by atoms with Gasteiger partial charge in [-0.3, -0.25) is 0 Å². The molecule has 5 heteroatoms. The minimum absolute atomic E-state index is 0.380. The summed E-state index contributed by atoms with van der Waals surface area (Å²) in [4.78, 5) is 5.14. The summed E-state index contributed by atoms with van der Waals surface area (Å²) in [6.07, 6.45) is 1.34. The Balaban J connectivity index is 2.31. The molecule has 0 N–H and O–H groups in total. The van der Waals surface area contributed by atoms with Crippen molar-refractivity contribution in [1.82, 2.24) is 15.2 Å². The monoisotopic (exact) mass is 251 g/mol. The molecule has 0 unspecified atom stereocenters. The molecule has 3 nitrogen and oxygen atoms in total. The lowest BCUT2D eigenvalue weighted by Crippen LogP contribution is -1.90. The first-order valence-corrected chi connectivity index (χ1v) is 6.24. The van der Waals surface area contributed by atoms with E-state index in [9.17, 15) is 0 Å². The maximum Gasteiger partial charge on any atom is 0.159 e. The van der Waals surface area contributed by atoms with Crippen LogP contribution < -0.4 is 0 Å². The van der Waals surface area contributed by atoms with Crippen LogP contribution in [0.1, 0.15) is 6.92 Å². The largest absolute Gasteiger partial charge is 0.220 e. The van der Waals surface area contributed by atoms with Crippen LogP contribution in [0.5, 0.6) is 0 Å². The van der Waals surface area contributed by atoms with Crippen molar-refractivity contribution in [2.24, 2.45) is 0 Å². The molecule has 0 radical (unpaired) electrons. The third kappa shape index (κ3) is 2.51. The van der Waals surface area contributed by atoms with Crippen molar-refractivity contribution < 1.29 is 0 Å². The summed E-state index contributed by atoms with van der Waals surface area (Å²) < 4.78 is 0. The van der Waals surface area contributed by atoms with E-state index in [2.05, 4.69) is 34.2 Å². The zero-order valence-corrected chi connectivity index (χ0v) is 10.3. The topological polar surface area (TPSA) is 38.7 Å². The lowest BCUT2D eigenvalue weighted by atomic mass is 10.2. The quantitative estimate of drug-likeness (QED) is 0.785. The fourth-order valence-corrected chi connectivity index (χ4v) is 2.17. The maximum absolute atomic E-state index is 5.94. The van der Waals surface area contributed by atoms with E-state index in [1.54, 1.807) is 11.8 Å². The van der Waals surface area contributed by atoms with Crippen LogP contribution in [0.25, 0.3) is 11.3 Å². The van der Waals surface area contributed by atoms with Gasteiger partial charge < -0.3 is 0 Å². The van der Waals surface area contributed by atoms with Gasteiger partial charge in [0.1, 0.15) is 12.0 Å². The normalized spacial score (nSPS) is 10.4. The fraction of sp³-hybridized carbons (Fsp3) is 0.182. The number of benzene rings is 1. The number of halogens is 1. The smallest absolute Gasteiger partial charge is 0.159 e. The molecule has 1 heterocycles. The summed E-state index contributed by atoms with van der Waals surface area (Å²) in [6, 6.07) is 8.06. The lowest BCUT2D eigenvalue weighted by Gasteiger charge is -2.02. The Morgan fingerprint density at radius 3 is 2.62 bits per heavy atom. The van der Waals surface area contributed by atoms with Crippen LogP contribution in [-0.2, 0) is 0 Å². The summed E-state index contributed by atoms with van der Waals surface area (Å²) in [5, 5.41) is 8.08. The summed E-state index contributed by atoms with van der Waals surface area (Å²) >= 11 is 7.74. The van der Waals surface area contributed by atoms with Gasteiger partial charge in [0, 0.05) is 10.5 Å². The van der Waals surface area contributed by atoms with Gasteiger partial charge in [0.05, 0.1) is 0 Å². The maximum atomic E-state index is 5.94. The summed E-state index contributed by atoms with van der Waals surface area (Å²) in [6.45, 7) is 2.13. The molecule has 16 heavy (non-hydrogen) atoms. The molecule has 1 aromatic carbocycles. The third-order valence-corrected chi connectivity index (χ3v) is 3.19. The second-order valence-corrected chi connectivity index (χ2v) is 4.75. The first-order chi connectivity index (χ1) is 7.81. The van der Waals surface area contributed by atoms with E-state index in [0.717, 1.165) is 11.3 Å². The van der Waals surface area contributed by atoms with Gasteiger partial charge in [-0.25, -0.2) is 4.98 Å². The molecule has 0 atom stereocenters. The lowest BCUT2D eigenvalue weighted by molar-refractivity contribution is 0.976. The Kier molecular flexibility index (Phi) is 3.74. The first kappa shape index (κ1) is 11.4. The zero-order chi connectivity index (χ0) is 11.4. The van der Waals surface area contributed by atoms with Crippen LogP contribution in [0.15, 0.2) is 35.5 Å². The second-order valence-electron chi connectivity index (χ2n) is 3.06. The van der Waals surface area contributed by atoms with Crippen molar-refractivity contribution in [3.63, 3.8) is 0 Å². The molecule has 0 bridgehead atoms. The highest BCUT2D eigenvalue weighted by Crippen LogP contribution is 2.25. The number of hydrogen-bond acceptors (Lipinski definition) is 4. The van der Waals surface area contributed by atoms with E-state index in [-0.39, 0.29) is 0 Å². The molecule has 0 saturated heterocycles. The van der Waals surface area contributed by atoms with Gasteiger partial charge in [0.2, 0.25) is 0 Å². The van der Waals surface area contributed by atoms with Gasteiger partial charge in [-0.2, -0.15) is 0 Å². The number of aromatic nitrogens is 3. The summed E-state index contributed by atoms with van der Waals surface area (Å²) in [7, 11) is 0. The van der Waals surface area contributed by atoms with Gasteiger partial charge in [-0.1, -0.05) is 30.7 Å². The van der Waals surface area contributed by atoms with Crippen molar-refractivity contribution >= 4 is 23.4 Å². The Hall–Kier alpha value is -1.13. The van der Waals surface area contributed by atoms with E-state index in [1.807, 2.05) is 12.1 Å². The minimum Gasteiger partial charge on any atom is -0.220 e. The van der Waals surface area contributed by atoms with Gasteiger partial charge in [-0.05, 0) is 17.9 Å².